The quantitative estimate of drug-likeness (QED) is 0.0222. The maximum absolute atomic E-state index is 13.1. The van der Waals surface area contributed by atoms with E-state index in [0.717, 1.165) is 95.8 Å². The Balaban J connectivity index is 5.23. The molecule has 0 rings (SSSR count). The third-order valence-electron chi connectivity index (χ3n) is 20.0. The Morgan fingerprint density at radius 1 is 0.260 bits per heavy atom. The number of phosphoric acid groups is 2. The number of aliphatic hydroxyl groups is 1. The highest BCUT2D eigenvalue weighted by Gasteiger charge is 2.30. The Bertz CT molecular complexity index is 1980. The summed E-state index contributed by atoms with van der Waals surface area (Å²) in [6.07, 6.45) is 70.7. The number of carbonyl (C=O) groups excluding carboxylic acids is 4. The second kappa shape index (κ2) is 77.8. The van der Waals surface area contributed by atoms with Crippen molar-refractivity contribution in [3.05, 3.63) is 0 Å². The molecule has 0 spiro atoms. The van der Waals surface area contributed by atoms with E-state index in [-0.39, 0.29) is 25.7 Å². The third-order valence-corrected chi connectivity index (χ3v) is 21.9. The van der Waals surface area contributed by atoms with Crippen LogP contribution >= 0.6 is 15.6 Å². The van der Waals surface area contributed by atoms with Gasteiger partial charge in [0.2, 0.25) is 0 Å². The number of esters is 4. The van der Waals surface area contributed by atoms with Crippen LogP contribution in [0.4, 0.5) is 0 Å². The van der Waals surface area contributed by atoms with Gasteiger partial charge in [0.25, 0.3) is 0 Å². The first-order valence-corrected chi connectivity index (χ1v) is 47.1. The number of unbranched alkanes of at least 4 members (excludes halogenated alkanes) is 57. The summed E-state index contributed by atoms with van der Waals surface area (Å²) < 4.78 is 68.9. The van der Waals surface area contributed by atoms with Crippen molar-refractivity contribution in [2.45, 2.75) is 477 Å². The molecular formula is C85H166O17P2. The molecule has 2 unspecified atom stereocenters. The first kappa shape index (κ1) is 102. The van der Waals surface area contributed by atoms with E-state index in [9.17, 15) is 43.2 Å². The van der Waals surface area contributed by atoms with Gasteiger partial charge in [-0.3, -0.25) is 37.3 Å². The summed E-state index contributed by atoms with van der Waals surface area (Å²) in [4.78, 5) is 73.2. The third kappa shape index (κ3) is 78.2. The van der Waals surface area contributed by atoms with Crippen molar-refractivity contribution >= 4 is 39.5 Å². The van der Waals surface area contributed by atoms with Crippen molar-refractivity contribution in [3.8, 4) is 0 Å². The molecule has 0 aromatic rings. The number of phosphoric ester groups is 2. The van der Waals surface area contributed by atoms with E-state index in [2.05, 4.69) is 34.6 Å². The number of rotatable bonds is 85. The minimum absolute atomic E-state index is 0.109. The summed E-state index contributed by atoms with van der Waals surface area (Å²) in [7, 11) is -9.92. The van der Waals surface area contributed by atoms with Crippen LogP contribution in [0.3, 0.4) is 0 Å². The highest BCUT2D eigenvalue weighted by molar-refractivity contribution is 7.47. The monoisotopic (exact) mass is 1520 g/mol. The van der Waals surface area contributed by atoms with E-state index in [0.29, 0.717) is 25.7 Å². The van der Waals surface area contributed by atoms with Crippen molar-refractivity contribution in [1.29, 1.82) is 0 Å². The van der Waals surface area contributed by atoms with E-state index in [1.165, 1.54) is 283 Å². The molecule has 0 fully saturated rings. The minimum atomic E-state index is -4.96. The molecule has 104 heavy (non-hydrogen) atoms. The maximum Gasteiger partial charge on any atom is 0.472 e. The van der Waals surface area contributed by atoms with Gasteiger partial charge in [0.05, 0.1) is 26.4 Å². The van der Waals surface area contributed by atoms with Crippen LogP contribution in [0.25, 0.3) is 0 Å². The van der Waals surface area contributed by atoms with Crippen LogP contribution in [0, 0.1) is 5.92 Å². The normalized spacial score (nSPS) is 13.8. The molecule has 0 saturated carbocycles. The lowest BCUT2D eigenvalue weighted by Gasteiger charge is -2.21. The second-order valence-corrected chi connectivity index (χ2v) is 34.0. The summed E-state index contributed by atoms with van der Waals surface area (Å²) in [6.45, 7) is 7.38. The predicted molar refractivity (Wildman–Crippen MR) is 428 cm³/mol. The first-order chi connectivity index (χ1) is 50.5. The smallest absolute Gasteiger partial charge is 0.462 e. The van der Waals surface area contributed by atoms with Gasteiger partial charge in [-0.15, -0.1) is 0 Å². The molecule has 0 aliphatic rings. The highest BCUT2D eigenvalue weighted by Crippen LogP contribution is 2.45. The zero-order chi connectivity index (χ0) is 76.2. The summed E-state index contributed by atoms with van der Waals surface area (Å²) in [6, 6.07) is 0. The van der Waals surface area contributed by atoms with Crippen LogP contribution in [0.2, 0.25) is 0 Å². The Morgan fingerprint density at radius 2 is 0.442 bits per heavy atom. The SMILES string of the molecule is CCCCCCCCCCCCCCCCCCCCCCCC(=O)O[C@H](COC(=O)CCCCCCCCCCCCCCCCC(C)C)COP(=O)(O)OC[C@@H](O)COP(=O)(O)OC[C@@H](COC(=O)CCCCCCCCCCCCC)OC(=O)CCCCCCCCCCCCCCCCC. The van der Waals surface area contributed by atoms with Crippen molar-refractivity contribution in [1.82, 2.24) is 0 Å². The zero-order valence-electron chi connectivity index (χ0n) is 68.2. The molecule has 0 bridgehead atoms. The van der Waals surface area contributed by atoms with Crippen molar-refractivity contribution in [2.75, 3.05) is 39.6 Å². The van der Waals surface area contributed by atoms with Gasteiger partial charge < -0.3 is 33.8 Å². The van der Waals surface area contributed by atoms with E-state index in [1.54, 1.807) is 0 Å². The van der Waals surface area contributed by atoms with Crippen LogP contribution < -0.4 is 0 Å². The van der Waals surface area contributed by atoms with Gasteiger partial charge >= 0.3 is 39.5 Å². The fourth-order valence-corrected chi connectivity index (χ4v) is 14.9. The molecular weight excluding hydrogens is 1350 g/mol. The van der Waals surface area contributed by atoms with Gasteiger partial charge in [0.1, 0.15) is 19.3 Å². The fourth-order valence-electron chi connectivity index (χ4n) is 13.3. The molecule has 19 heteroatoms. The van der Waals surface area contributed by atoms with Gasteiger partial charge in [0.15, 0.2) is 12.2 Å². The lowest BCUT2D eigenvalue weighted by Crippen LogP contribution is -2.30. The molecule has 0 aromatic carbocycles. The lowest BCUT2D eigenvalue weighted by molar-refractivity contribution is -0.161. The van der Waals surface area contributed by atoms with Crippen molar-refractivity contribution < 1.29 is 80.2 Å². The fraction of sp³-hybridized carbons (Fsp3) is 0.953. The van der Waals surface area contributed by atoms with Crippen LogP contribution in [-0.4, -0.2) is 96.7 Å². The van der Waals surface area contributed by atoms with E-state index >= 15 is 0 Å². The molecule has 0 aliphatic carbocycles. The van der Waals surface area contributed by atoms with Crippen LogP contribution in [0.5, 0.6) is 0 Å². The van der Waals surface area contributed by atoms with E-state index < -0.39 is 97.5 Å². The number of hydrogen-bond donors (Lipinski definition) is 3. The minimum Gasteiger partial charge on any atom is -0.462 e. The molecule has 3 N–H and O–H groups in total. The summed E-state index contributed by atoms with van der Waals surface area (Å²) in [5, 5.41) is 10.7. The second-order valence-electron chi connectivity index (χ2n) is 31.1. The molecule has 618 valence electrons. The van der Waals surface area contributed by atoms with Gasteiger partial charge in [-0.25, -0.2) is 9.13 Å². The number of carbonyl (C=O) groups is 4. The summed E-state index contributed by atoms with van der Waals surface area (Å²) in [5.74, 6) is -1.30. The Hall–Kier alpha value is -1.94. The van der Waals surface area contributed by atoms with Crippen LogP contribution in [0.1, 0.15) is 458 Å². The highest BCUT2D eigenvalue weighted by atomic mass is 31.2. The van der Waals surface area contributed by atoms with Crippen molar-refractivity contribution in [2.24, 2.45) is 5.92 Å². The molecule has 0 radical (unpaired) electrons. The molecule has 0 aliphatic heterocycles. The van der Waals surface area contributed by atoms with Crippen LogP contribution in [-0.2, 0) is 65.4 Å². The molecule has 0 amide bonds. The lowest BCUT2D eigenvalue weighted by atomic mass is 10.0. The van der Waals surface area contributed by atoms with E-state index in [1.807, 2.05) is 0 Å². The molecule has 0 saturated heterocycles. The van der Waals surface area contributed by atoms with Gasteiger partial charge in [-0.2, -0.15) is 0 Å². The predicted octanol–water partition coefficient (Wildman–Crippen LogP) is 26.0. The molecule has 5 atom stereocenters. The van der Waals surface area contributed by atoms with Gasteiger partial charge in [0, 0.05) is 25.7 Å². The Morgan fingerprint density at radius 3 is 0.654 bits per heavy atom. The largest absolute Gasteiger partial charge is 0.472 e. The molecule has 17 nitrogen and oxygen atoms in total. The first-order valence-electron chi connectivity index (χ1n) is 44.1. The number of hydrogen-bond acceptors (Lipinski definition) is 15. The van der Waals surface area contributed by atoms with Crippen LogP contribution in [0.15, 0.2) is 0 Å². The maximum atomic E-state index is 13.1. The average Bonchev–Trinajstić information content (AvgIpc) is 1.45. The average molecular weight is 1520 g/mol. The Kier molecular flexibility index (Phi) is 76.3. The molecule has 0 aromatic heterocycles. The summed E-state index contributed by atoms with van der Waals surface area (Å²) >= 11 is 0. The Labute approximate surface area is 638 Å². The van der Waals surface area contributed by atoms with Gasteiger partial charge in [-0.1, -0.05) is 407 Å². The number of aliphatic hydroxyl groups excluding tert-OH is 1. The molecule has 0 heterocycles. The standard InChI is InChI=1S/C85H166O17P2/c1-6-9-12-15-18-21-24-26-28-29-30-31-32-33-35-41-46-51-56-61-66-71-85(90)102-81(75-96-83(88)69-64-59-54-49-44-39-37-36-38-43-47-52-57-62-67-78(4)5)77-100-104(93,94)98-73-79(86)72-97-103(91,92)99-76-80(74-95-82(87)68-63-58-53-48-42-23-20-17-14-11-8-3)101-84(89)70-65-60-55-50-45-40-34-27-25-22-19-16-13-10-7-2/h78-81,86H,6-77H2,1-5H3,(H,91,92)(H,93,94)/t79-,80+,81+/m0/s1. The van der Waals surface area contributed by atoms with Gasteiger partial charge in [-0.05, 0) is 31.6 Å². The topological polar surface area (TPSA) is 237 Å². The zero-order valence-corrected chi connectivity index (χ0v) is 70.0. The van der Waals surface area contributed by atoms with Crippen molar-refractivity contribution in [3.63, 3.8) is 0 Å². The van der Waals surface area contributed by atoms with E-state index in [4.69, 9.17) is 37.0 Å². The number of ether oxygens (including phenoxy) is 4. The summed E-state index contributed by atoms with van der Waals surface area (Å²) in [5.41, 5.74) is 0.